The lowest BCUT2D eigenvalue weighted by atomic mass is 10.1. The molecule has 3 aromatic carbocycles. The van der Waals surface area contributed by atoms with E-state index in [0.29, 0.717) is 34.3 Å². The third-order valence-electron chi connectivity index (χ3n) is 6.04. The molecule has 37 heavy (non-hydrogen) atoms. The van der Waals surface area contributed by atoms with Crippen molar-refractivity contribution >= 4 is 21.8 Å². The van der Waals surface area contributed by atoms with E-state index in [1.165, 1.54) is 16.1 Å². The summed E-state index contributed by atoms with van der Waals surface area (Å²) in [6, 6.07) is 18.3. The monoisotopic (exact) mass is 541 g/mol. The molecule has 0 saturated heterocycles. The summed E-state index contributed by atoms with van der Waals surface area (Å²) in [5.41, 5.74) is 0.861. The van der Waals surface area contributed by atoms with Gasteiger partial charge in [-0.1, -0.05) is 36.0 Å². The van der Waals surface area contributed by atoms with E-state index in [4.69, 9.17) is 18.9 Å². The molecule has 196 valence electrons. The molecule has 7 nitrogen and oxygen atoms in total. The second kappa shape index (κ2) is 11.9. The Balaban J connectivity index is 1.75. The van der Waals surface area contributed by atoms with Crippen LogP contribution < -0.4 is 18.9 Å². The standard InChI is InChI=1S/C28H31NO6S2/c1-5-6-8-22-19-29(18-20-11-13-21(32-2)14-12-20)37(30,31)28-25(35-22)9-7-10-27(28)36-23-15-16-24(33-3)26(17-23)34-4/h5,7,9-17,22H,1,6,8,18-19H2,2-4H3. The highest BCUT2D eigenvalue weighted by atomic mass is 32.2. The number of sulfonamides is 1. The number of fused-ring (bicyclic) bond motifs is 1. The molecule has 0 N–H and O–H groups in total. The summed E-state index contributed by atoms with van der Waals surface area (Å²) in [5.74, 6) is 2.25. The van der Waals surface area contributed by atoms with Crippen molar-refractivity contribution in [1.29, 1.82) is 0 Å². The van der Waals surface area contributed by atoms with Crippen LogP contribution in [-0.2, 0) is 16.6 Å². The van der Waals surface area contributed by atoms with Crippen molar-refractivity contribution in [3.05, 3.63) is 78.9 Å². The third-order valence-corrected chi connectivity index (χ3v) is 9.11. The van der Waals surface area contributed by atoms with Crippen molar-refractivity contribution in [2.45, 2.75) is 40.2 Å². The number of methoxy groups -OCH3 is 3. The fourth-order valence-electron chi connectivity index (χ4n) is 4.14. The van der Waals surface area contributed by atoms with Gasteiger partial charge in [-0.2, -0.15) is 4.31 Å². The second-order valence-corrected chi connectivity index (χ2v) is 11.4. The zero-order valence-corrected chi connectivity index (χ0v) is 22.8. The Morgan fingerprint density at radius 2 is 1.78 bits per heavy atom. The number of hydrogen-bond acceptors (Lipinski definition) is 7. The van der Waals surface area contributed by atoms with Crippen LogP contribution in [0.1, 0.15) is 18.4 Å². The Hall–Kier alpha value is -3.14. The molecule has 1 unspecified atom stereocenters. The average Bonchev–Trinajstić information content (AvgIpc) is 3.01. The number of benzene rings is 3. The molecule has 0 fully saturated rings. The Morgan fingerprint density at radius 3 is 2.46 bits per heavy atom. The number of rotatable bonds is 10. The van der Waals surface area contributed by atoms with Gasteiger partial charge >= 0.3 is 0 Å². The van der Waals surface area contributed by atoms with Crippen LogP contribution in [0.4, 0.5) is 0 Å². The van der Waals surface area contributed by atoms with Crippen LogP contribution >= 0.6 is 11.8 Å². The lowest BCUT2D eigenvalue weighted by Gasteiger charge is -2.23. The lowest BCUT2D eigenvalue weighted by molar-refractivity contribution is 0.164. The summed E-state index contributed by atoms with van der Waals surface area (Å²) in [7, 11) is 0.850. The molecule has 0 bridgehead atoms. The van der Waals surface area contributed by atoms with E-state index in [-0.39, 0.29) is 24.1 Å². The third kappa shape index (κ3) is 6.06. The summed E-state index contributed by atoms with van der Waals surface area (Å²) in [6.07, 6.45) is 2.88. The van der Waals surface area contributed by atoms with Crippen LogP contribution in [0.3, 0.4) is 0 Å². The minimum atomic E-state index is -3.90. The molecule has 9 heteroatoms. The molecule has 1 aliphatic rings. The van der Waals surface area contributed by atoms with Crippen LogP contribution in [0.2, 0.25) is 0 Å². The number of hydrogen-bond donors (Lipinski definition) is 0. The molecule has 0 aliphatic carbocycles. The fourth-order valence-corrected chi connectivity index (χ4v) is 7.11. The van der Waals surface area contributed by atoms with Crippen LogP contribution in [-0.4, -0.2) is 46.7 Å². The summed E-state index contributed by atoms with van der Waals surface area (Å²) in [6.45, 7) is 4.26. The molecule has 0 aromatic heterocycles. The molecule has 1 heterocycles. The highest BCUT2D eigenvalue weighted by Gasteiger charge is 2.36. The first-order chi connectivity index (χ1) is 17.9. The Morgan fingerprint density at radius 1 is 1.03 bits per heavy atom. The van der Waals surface area contributed by atoms with Gasteiger partial charge in [-0.25, -0.2) is 8.42 Å². The second-order valence-electron chi connectivity index (χ2n) is 8.45. The highest BCUT2D eigenvalue weighted by molar-refractivity contribution is 8.00. The topological polar surface area (TPSA) is 74.3 Å². The largest absolute Gasteiger partial charge is 0.497 e. The van der Waals surface area contributed by atoms with Gasteiger partial charge in [0.1, 0.15) is 22.5 Å². The van der Waals surface area contributed by atoms with E-state index in [1.54, 1.807) is 39.5 Å². The number of nitrogens with zero attached hydrogens (tertiary/aromatic N) is 1. The zero-order chi connectivity index (χ0) is 26.4. The summed E-state index contributed by atoms with van der Waals surface area (Å²) >= 11 is 1.34. The maximum atomic E-state index is 14.1. The minimum Gasteiger partial charge on any atom is -0.497 e. The molecule has 0 spiro atoms. The molecule has 4 rings (SSSR count). The first-order valence-electron chi connectivity index (χ1n) is 11.8. The maximum Gasteiger partial charge on any atom is 0.248 e. The normalized spacial score (nSPS) is 16.7. The molecule has 1 atom stereocenters. The van der Waals surface area contributed by atoms with E-state index in [2.05, 4.69) is 6.58 Å². The quantitative estimate of drug-likeness (QED) is 0.301. The SMILES string of the molecule is C=CCCC1CN(Cc2ccc(OC)cc2)S(=O)(=O)c2c(cccc2Sc2ccc(OC)c(OC)c2)O1. The minimum absolute atomic E-state index is 0.171. The first-order valence-corrected chi connectivity index (χ1v) is 14.1. The van der Waals surface area contributed by atoms with Crippen LogP contribution in [0.5, 0.6) is 23.0 Å². The molecule has 3 aromatic rings. The van der Waals surface area contributed by atoms with E-state index >= 15 is 0 Å². The van der Waals surface area contributed by atoms with Crippen LogP contribution in [0.25, 0.3) is 0 Å². The predicted octanol–water partition coefficient (Wildman–Crippen LogP) is 5.78. The zero-order valence-electron chi connectivity index (χ0n) is 21.2. The summed E-state index contributed by atoms with van der Waals surface area (Å²) < 4.78 is 52.1. The van der Waals surface area contributed by atoms with Gasteiger partial charge in [0.05, 0.1) is 27.9 Å². The number of ether oxygens (including phenoxy) is 4. The number of allylic oxidation sites excluding steroid dienone is 1. The first kappa shape index (κ1) is 26.9. The van der Waals surface area contributed by atoms with Gasteiger partial charge in [-0.05, 0) is 60.9 Å². The van der Waals surface area contributed by atoms with Gasteiger partial charge < -0.3 is 18.9 Å². The lowest BCUT2D eigenvalue weighted by Crippen LogP contribution is -2.36. The van der Waals surface area contributed by atoms with Gasteiger partial charge in [-0.3, -0.25) is 0 Å². The fraction of sp³-hybridized carbons (Fsp3) is 0.286. The van der Waals surface area contributed by atoms with E-state index in [1.807, 2.05) is 48.5 Å². The van der Waals surface area contributed by atoms with Crippen molar-refractivity contribution < 1.29 is 27.4 Å². The van der Waals surface area contributed by atoms with Gasteiger partial charge in [0.2, 0.25) is 10.0 Å². The predicted molar refractivity (Wildman–Crippen MR) is 145 cm³/mol. The Labute approximate surface area is 223 Å². The Kier molecular flexibility index (Phi) is 8.68. The van der Waals surface area contributed by atoms with E-state index in [0.717, 1.165) is 16.9 Å². The van der Waals surface area contributed by atoms with Gasteiger partial charge in [0.15, 0.2) is 11.5 Å². The maximum absolute atomic E-state index is 14.1. The summed E-state index contributed by atoms with van der Waals surface area (Å²) in [5, 5.41) is 0. The van der Waals surface area contributed by atoms with Crippen molar-refractivity contribution in [3.8, 4) is 23.0 Å². The molecule has 0 radical (unpaired) electrons. The van der Waals surface area contributed by atoms with Crippen molar-refractivity contribution in [1.82, 2.24) is 4.31 Å². The van der Waals surface area contributed by atoms with Gasteiger partial charge in [0, 0.05) is 16.3 Å². The van der Waals surface area contributed by atoms with Gasteiger partial charge in [0.25, 0.3) is 0 Å². The molecule has 0 amide bonds. The Bertz CT molecular complexity index is 1340. The molecule has 1 aliphatic heterocycles. The van der Waals surface area contributed by atoms with Crippen molar-refractivity contribution in [3.63, 3.8) is 0 Å². The van der Waals surface area contributed by atoms with Crippen molar-refractivity contribution in [2.75, 3.05) is 27.9 Å². The average molecular weight is 542 g/mol. The molecule has 0 saturated carbocycles. The van der Waals surface area contributed by atoms with Crippen molar-refractivity contribution in [2.24, 2.45) is 0 Å². The molecular weight excluding hydrogens is 510 g/mol. The summed E-state index contributed by atoms with van der Waals surface area (Å²) in [4.78, 5) is 1.56. The molecular formula is C28H31NO6S2. The highest BCUT2D eigenvalue weighted by Crippen LogP contribution is 2.43. The van der Waals surface area contributed by atoms with Gasteiger partial charge in [-0.15, -0.1) is 6.58 Å². The smallest absolute Gasteiger partial charge is 0.248 e. The van der Waals surface area contributed by atoms with Crippen LogP contribution in [0, 0.1) is 0 Å². The van der Waals surface area contributed by atoms with E-state index < -0.39 is 10.0 Å². The van der Waals surface area contributed by atoms with Crippen LogP contribution in [0.15, 0.2) is 88.0 Å². The van der Waals surface area contributed by atoms with E-state index in [9.17, 15) is 8.42 Å².